The van der Waals surface area contributed by atoms with Crippen LogP contribution in [0.25, 0.3) is 0 Å². The molecule has 2 rings (SSSR count). The zero-order chi connectivity index (χ0) is 13.3. The minimum atomic E-state index is -4.51. The second-order valence-corrected chi connectivity index (χ2v) is 4.30. The summed E-state index contributed by atoms with van der Waals surface area (Å²) in [5.41, 5.74) is -0.748. The lowest BCUT2D eigenvalue weighted by Crippen LogP contribution is -2.22. The summed E-state index contributed by atoms with van der Waals surface area (Å²) in [5.74, 6) is 0.356. The van der Waals surface area contributed by atoms with Gasteiger partial charge in [-0.1, -0.05) is 0 Å². The molecule has 2 N–H and O–H groups in total. The molecule has 1 fully saturated rings. The third kappa shape index (κ3) is 3.14. The summed E-state index contributed by atoms with van der Waals surface area (Å²) in [5, 5.41) is 14.0. The van der Waals surface area contributed by atoms with Gasteiger partial charge in [0, 0.05) is 6.54 Å². The fourth-order valence-electron chi connectivity index (χ4n) is 1.61. The maximum atomic E-state index is 12.5. The number of nitrogens with one attached hydrogen (secondary N) is 1. The molecule has 18 heavy (non-hydrogen) atoms. The number of hydrogen-bond donors (Lipinski definition) is 2. The quantitative estimate of drug-likeness (QED) is 0.874. The lowest BCUT2D eigenvalue weighted by molar-refractivity contribution is -0.141. The summed E-state index contributed by atoms with van der Waals surface area (Å²) < 4.78 is 38.8. The van der Waals surface area contributed by atoms with Gasteiger partial charge in [0.05, 0.1) is 12.2 Å². The Bertz CT molecular complexity index is 452. The molecule has 0 aliphatic heterocycles. The summed E-state index contributed by atoms with van der Waals surface area (Å²) >= 11 is 0. The minimum Gasteiger partial charge on any atom is -0.465 e. The average molecular weight is 263 g/mol. The lowest BCUT2D eigenvalue weighted by atomic mass is 10.3. The Hall–Kier alpha value is -1.73. The van der Waals surface area contributed by atoms with Gasteiger partial charge in [-0.2, -0.15) is 18.3 Å². The van der Waals surface area contributed by atoms with Crippen molar-refractivity contribution in [3.63, 3.8) is 0 Å². The Labute approximate surface area is 101 Å². The van der Waals surface area contributed by atoms with Crippen LogP contribution in [0.5, 0.6) is 0 Å². The molecule has 0 unspecified atom stereocenters. The second kappa shape index (κ2) is 4.51. The maximum Gasteiger partial charge on any atom is 0.435 e. The average Bonchev–Trinajstić information content (AvgIpc) is 2.93. The van der Waals surface area contributed by atoms with E-state index in [9.17, 15) is 18.0 Å². The topological polar surface area (TPSA) is 67.2 Å². The van der Waals surface area contributed by atoms with Crippen molar-refractivity contribution in [2.75, 3.05) is 0 Å². The van der Waals surface area contributed by atoms with Gasteiger partial charge in [0.25, 0.3) is 0 Å². The van der Waals surface area contributed by atoms with Gasteiger partial charge in [-0.3, -0.25) is 4.68 Å². The second-order valence-electron chi connectivity index (χ2n) is 4.30. The largest absolute Gasteiger partial charge is 0.465 e. The number of carbonyl (C=O) groups is 1. The maximum absolute atomic E-state index is 12.5. The van der Waals surface area contributed by atoms with Crippen LogP contribution in [-0.4, -0.2) is 21.0 Å². The summed E-state index contributed by atoms with van der Waals surface area (Å²) in [4.78, 5) is 10.4. The minimum absolute atomic E-state index is 0.175. The van der Waals surface area contributed by atoms with Gasteiger partial charge in [-0.05, 0) is 24.8 Å². The van der Waals surface area contributed by atoms with Gasteiger partial charge < -0.3 is 10.4 Å². The van der Waals surface area contributed by atoms with E-state index < -0.39 is 18.0 Å². The summed E-state index contributed by atoms with van der Waals surface area (Å²) in [7, 11) is 0. The van der Waals surface area contributed by atoms with Crippen LogP contribution in [0, 0.1) is 5.92 Å². The van der Waals surface area contributed by atoms with Crippen molar-refractivity contribution in [1.29, 1.82) is 0 Å². The molecule has 0 atom stereocenters. The van der Waals surface area contributed by atoms with E-state index in [4.69, 9.17) is 5.11 Å². The van der Waals surface area contributed by atoms with Crippen molar-refractivity contribution in [2.45, 2.75) is 32.1 Å². The number of nitrogens with zero attached hydrogens (tertiary/aromatic N) is 2. The van der Waals surface area contributed by atoms with Gasteiger partial charge in [0.1, 0.15) is 0 Å². The van der Waals surface area contributed by atoms with Gasteiger partial charge in [0.15, 0.2) is 5.69 Å². The molecule has 1 aromatic heterocycles. The molecule has 1 aromatic rings. The van der Waals surface area contributed by atoms with Crippen LogP contribution >= 0.6 is 0 Å². The van der Waals surface area contributed by atoms with Gasteiger partial charge in [-0.25, -0.2) is 4.79 Å². The first kappa shape index (κ1) is 12.7. The molecule has 0 saturated heterocycles. The molecule has 0 aromatic carbocycles. The van der Waals surface area contributed by atoms with E-state index in [0.717, 1.165) is 18.9 Å². The molecule has 0 spiro atoms. The van der Waals surface area contributed by atoms with E-state index in [0.29, 0.717) is 12.5 Å². The van der Waals surface area contributed by atoms with Crippen LogP contribution < -0.4 is 5.32 Å². The highest BCUT2D eigenvalue weighted by Gasteiger charge is 2.35. The Morgan fingerprint density at radius 3 is 2.72 bits per heavy atom. The van der Waals surface area contributed by atoms with E-state index in [-0.39, 0.29) is 12.2 Å². The Balaban J connectivity index is 2.17. The standard InChI is InChI=1S/C10H12F3N3O2/c11-10(12,13)8-3-7(4-14-9(17)18)16(15-8)5-6-1-2-6/h3,6,14H,1-2,4-5H2,(H,17,18). The Morgan fingerprint density at radius 2 is 2.22 bits per heavy atom. The molecule has 0 bridgehead atoms. The number of hydrogen-bond acceptors (Lipinski definition) is 2. The first-order chi connectivity index (χ1) is 8.36. The highest BCUT2D eigenvalue weighted by Crippen LogP contribution is 2.33. The highest BCUT2D eigenvalue weighted by atomic mass is 19.4. The normalized spacial score (nSPS) is 15.7. The molecule has 100 valence electrons. The fraction of sp³-hybridized carbons (Fsp3) is 0.600. The van der Waals surface area contributed by atoms with Crippen molar-refractivity contribution in [2.24, 2.45) is 5.92 Å². The number of aromatic nitrogens is 2. The van der Waals surface area contributed by atoms with Crippen LogP contribution in [0.1, 0.15) is 24.2 Å². The molecular formula is C10H12F3N3O2. The Morgan fingerprint density at radius 1 is 1.56 bits per heavy atom. The van der Waals surface area contributed by atoms with Crippen LogP contribution in [-0.2, 0) is 19.3 Å². The van der Waals surface area contributed by atoms with E-state index in [2.05, 4.69) is 5.10 Å². The van der Waals surface area contributed by atoms with E-state index >= 15 is 0 Å². The van der Waals surface area contributed by atoms with Crippen LogP contribution in [0.4, 0.5) is 18.0 Å². The molecular weight excluding hydrogens is 251 g/mol. The fourth-order valence-corrected chi connectivity index (χ4v) is 1.61. The predicted octanol–water partition coefficient (Wildman–Crippen LogP) is 2.08. The smallest absolute Gasteiger partial charge is 0.435 e. The molecule has 1 aliphatic rings. The third-order valence-electron chi connectivity index (χ3n) is 2.70. The molecule has 1 aliphatic carbocycles. The van der Waals surface area contributed by atoms with Gasteiger partial charge >= 0.3 is 12.3 Å². The zero-order valence-electron chi connectivity index (χ0n) is 9.37. The van der Waals surface area contributed by atoms with E-state index in [1.54, 1.807) is 0 Å². The first-order valence-electron chi connectivity index (χ1n) is 5.47. The Kier molecular flexibility index (Phi) is 3.18. The van der Waals surface area contributed by atoms with Gasteiger partial charge in [0.2, 0.25) is 0 Å². The molecule has 1 heterocycles. The van der Waals surface area contributed by atoms with Gasteiger partial charge in [-0.15, -0.1) is 0 Å². The molecule has 0 radical (unpaired) electrons. The van der Waals surface area contributed by atoms with Crippen LogP contribution in [0.15, 0.2) is 6.07 Å². The van der Waals surface area contributed by atoms with Crippen molar-refractivity contribution >= 4 is 6.09 Å². The van der Waals surface area contributed by atoms with Crippen LogP contribution in [0.2, 0.25) is 0 Å². The molecule has 1 saturated carbocycles. The summed E-state index contributed by atoms with van der Waals surface area (Å²) in [6.07, 6.45) is -3.82. The summed E-state index contributed by atoms with van der Waals surface area (Å²) in [6.45, 7) is 0.234. The first-order valence-corrected chi connectivity index (χ1v) is 5.47. The molecule has 8 heteroatoms. The van der Waals surface area contributed by atoms with Crippen molar-refractivity contribution in [1.82, 2.24) is 15.1 Å². The summed E-state index contributed by atoms with van der Waals surface area (Å²) in [6, 6.07) is 0.887. The van der Waals surface area contributed by atoms with Crippen molar-refractivity contribution < 1.29 is 23.1 Å². The van der Waals surface area contributed by atoms with E-state index in [1.165, 1.54) is 4.68 Å². The highest BCUT2D eigenvalue weighted by molar-refractivity contribution is 5.64. The number of alkyl halides is 3. The monoisotopic (exact) mass is 263 g/mol. The number of amides is 1. The third-order valence-corrected chi connectivity index (χ3v) is 2.70. The number of halogens is 3. The van der Waals surface area contributed by atoms with E-state index in [1.807, 2.05) is 5.32 Å². The lowest BCUT2D eigenvalue weighted by Gasteiger charge is -2.06. The van der Waals surface area contributed by atoms with Crippen molar-refractivity contribution in [3.8, 4) is 0 Å². The van der Waals surface area contributed by atoms with Crippen molar-refractivity contribution in [3.05, 3.63) is 17.5 Å². The number of rotatable bonds is 4. The predicted molar refractivity (Wildman–Crippen MR) is 54.8 cm³/mol. The molecule has 5 nitrogen and oxygen atoms in total. The SMILES string of the molecule is O=C(O)NCc1cc(C(F)(F)F)nn1CC1CC1. The molecule has 1 amide bonds. The number of carboxylic acid groups (broad SMARTS) is 1. The van der Waals surface area contributed by atoms with Crippen LogP contribution in [0.3, 0.4) is 0 Å². The zero-order valence-corrected chi connectivity index (χ0v) is 9.37.